The minimum absolute atomic E-state index is 0.0484. The molecule has 0 aromatic heterocycles. The van der Waals surface area contributed by atoms with Gasteiger partial charge in [-0.15, -0.1) is 0 Å². The fourth-order valence-electron chi connectivity index (χ4n) is 2.09. The van der Waals surface area contributed by atoms with E-state index in [2.05, 4.69) is 13.8 Å². The largest absolute Gasteiger partial charge is 0.427 e. The maximum atomic E-state index is 11.9. The number of hydrogen-bond acceptors (Lipinski definition) is 3. The summed E-state index contributed by atoms with van der Waals surface area (Å²) < 4.78 is 5.24. The normalized spacial score (nSPS) is 10.5. The summed E-state index contributed by atoms with van der Waals surface area (Å²) in [7, 11) is 0. The predicted molar refractivity (Wildman–Crippen MR) is 86.2 cm³/mol. The second kappa shape index (κ2) is 7.55. The molecule has 2 rings (SSSR count). The molecule has 0 saturated heterocycles. The third kappa shape index (κ3) is 4.55. The second-order valence-electron chi connectivity index (χ2n) is 5.49. The minimum Gasteiger partial charge on any atom is -0.427 e. The Kier molecular flexibility index (Phi) is 5.48. The van der Waals surface area contributed by atoms with Gasteiger partial charge in [0.15, 0.2) is 5.78 Å². The molecule has 0 unspecified atom stereocenters. The van der Waals surface area contributed by atoms with Gasteiger partial charge in [0.25, 0.3) is 0 Å². The van der Waals surface area contributed by atoms with Crippen molar-refractivity contribution in [3.8, 4) is 5.75 Å². The van der Waals surface area contributed by atoms with Crippen LogP contribution in [0.3, 0.4) is 0 Å². The van der Waals surface area contributed by atoms with Crippen molar-refractivity contribution in [3.63, 3.8) is 0 Å². The Morgan fingerprint density at radius 2 is 1.55 bits per heavy atom. The first-order valence-electron chi connectivity index (χ1n) is 7.45. The van der Waals surface area contributed by atoms with E-state index in [4.69, 9.17) is 4.74 Å². The number of ketones is 1. The van der Waals surface area contributed by atoms with Gasteiger partial charge in [0.1, 0.15) is 5.75 Å². The van der Waals surface area contributed by atoms with Crippen molar-refractivity contribution in [1.82, 2.24) is 0 Å². The minimum atomic E-state index is -0.387. The van der Waals surface area contributed by atoms with E-state index in [1.807, 2.05) is 30.3 Å². The van der Waals surface area contributed by atoms with Gasteiger partial charge in [-0.3, -0.25) is 9.59 Å². The quantitative estimate of drug-likeness (QED) is 0.451. The Morgan fingerprint density at radius 1 is 0.909 bits per heavy atom. The average molecular weight is 296 g/mol. The molecule has 0 aliphatic heterocycles. The molecule has 3 nitrogen and oxygen atoms in total. The summed E-state index contributed by atoms with van der Waals surface area (Å²) in [4.78, 5) is 23.7. The third-order valence-electron chi connectivity index (χ3n) is 3.43. The lowest BCUT2D eigenvalue weighted by molar-refractivity contribution is -0.134. The summed E-state index contributed by atoms with van der Waals surface area (Å²) in [6.45, 7) is 4.21. The zero-order valence-corrected chi connectivity index (χ0v) is 12.9. The van der Waals surface area contributed by atoms with Gasteiger partial charge in [-0.2, -0.15) is 0 Å². The maximum Gasteiger partial charge on any atom is 0.311 e. The van der Waals surface area contributed by atoms with Gasteiger partial charge in [-0.25, -0.2) is 0 Å². The first kappa shape index (κ1) is 16.0. The fraction of sp³-hybridized carbons (Fsp3) is 0.263. The summed E-state index contributed by atoms with van der Waals surface area (Å²) in [6.07, 6.45) is 0.243. The Hall–Kier alpha value is -2.42. The van der Waals surface area contributed by atoms with Gasteiger partial charge in [0.05, 0.1) is 6.42 Å². The van der Waals surface area contributed by atoms with Gasteiger partial charge in [-0.1, -0.05) is 56.3 Å². The van der Waals surface area contributed by atoms with Gasteiger partial charge in [-0.05, 0) is 23.6 Å². The van der Waals surface area contributed by atoms with Crippen molar-refractivity contribution in [3.05, 3.63) is 65.7 Å². The lowest BCUT2D eigenvalue weighted by Crippen LogP contribution is -2.10. The van der Waals surface area contributed by atoms with Crippen LogP contribution in [0.15, 0.2) is 54.6 Å². The van der Waals surface area contributed by atoms with Gasteiger partial charge in [0, 0.05) is 12.0 Å². The summed E-state index contributed by atoms with van der Waals surface area (Å²) in [5.41, 5.74) is 1.82. The first-order valence-corrected chi connectivity index (χ1v) is 7.45. The Morgan fingerprint density at radius 3 is 2.14 bits per heavy atom. The molecule has 0 atom stereocenters. The van der Waals surface area contributed by atoms with Crippen LogP contribution in [0.4, 0.5) is 0 Å². The van der Waals surface area contributed by atoms with Crippen molar-refractivity contribution in [2.75, 3.05) is 0 Å². The zero-order valence-electron chi connectivity index (χ0n) is 12.9. The Balaban J connectivity index is 1.84. The van der Waals surface area contributed by atoms with Crippen molar-refractivity contribution in [2.45, 2.75) is 32.6 Å². The number of esters is 1. The molecular formula is C19H20O3. The SMILES string of the molecule is CC(C)c1ccc(OC(=O)CCC(=O)c2ccccc2)cc1. The molecule has 0 radical (unpaired) electrons. The monoisotopic (exact) mass is 296 g/mol. The summed E-state index contributed by atoms with van der Waals surface area (Å²) in [5.74, 6) is 0.518. The summed E-state index contributed by atoms with van der Waals surface area (Å²) >= 11 is 0. The smallest absolute Gasteiger partial charge is 0.311 e. The van der Waals surface area contributed by atoms with Crippen LogP contribution in [-0.4, -0.2) is 11.8 Å². The molecule has 0 aliphatic carbocycles. The molecule has 3 heteroatoms. The zero-order chi connectivity index (χ0) is 15.9. The van der Waals surface area contributed by atoms with Gasteiger partial charge >= 0.3 is 5.97 Å². The molecule has 114 valence electrons. The number of carbonyl (C=O) groups is 2. The highest BCUT2D eigenvalue weighted by molar-refractivity contribution is 5.97. The highest BCUT2D eigenvalue weighted by Gasteiger charge is 2.11. The van der Waals surface area contributed by atoms with Crippen LogP contribution in [0.2, 0.25) is 0 Å². The van der Waals surface area contributed by atoms with E-state index in [1.165, 1.54) is 5.56 Å². The molecule has 0 bridgehead atoms. The summed E-state index contributed by atoms with van der Waals surface area (Å²) in [6, 6.07) is 16.4. The molecule has 0 heterocycles. The van der Waals surface area contributed by atoms with Crippen molar-refractivity contribution >= 4 is 11.8 Å². The van der Waals surface area contributed by atoms with Crippen LogP contribution in [-0.2, 0) is 4.79 Å². The molecule has 0 fully saturated rings. The van der Waals surface area contributed by atoms with Crippen LogP contribution in [0.25, 0.3) is 0 Å². The first-order chi connectivity index (χ1) is 10.6. The number of rotatable bonds is 6. The molecule has 0 N–H and O–H groups in total. The molecule has 22 heavy (non-hydrogen) atoms. The predicted octanol–water partition coefficient (Wildman–Crippen LogP) is 4.38. The van der Waals surface area contributed by atoms with Gasteiger partial charge in [0.2, 0.25) is 0 Å². The number of carbonyl (C=O) groups excluding carboxylic acids is 2. The van der Waals surface area contributed by atoms with Crippen LogP contribution in [0.5, 0.6) is 5.75 Å². The van der Waals surface area contributed by atoms with E-state index in [0.29, 0.717) is 17.2 Å². The third-order valence-corrected chi connectivity index (χ3v) is 3.43. The van der Waals surface area contributed by atoms with Crippen LogP contribution < -0.4 is 4.74 Å². The average Bonchev–Trinajstić information content (AvgIpc) is 2.54. The van der Waals surface area contributed by atoms with Crippen molar-refractivity contribution in [2.24, 2.45) is 0 Å². The highest BCUT2D eigenvalue weighted by atomic mass is 16.5. The van der Waals surface area contributed by atoms with E-state index in [-0.39, 0.29) is 24.6 Å². The number of hydrogen-bond donors (Lipinski definition) is 0. The second-order valence-corrected chi connectivity index (χ2v) is 5.49. The number of ether oxygens (including phenoxy) is 1. The molecule has 2 aromatic carbocycles. The van der Waals surface area contributed by atoms with Gasteiger partial charge < -0.3 is 4.74 Å². The Bertz CT molecular complexity index is 627. The molecular weight excluding hydrogens is 276 g/mol. The topological polar surface area (TPSA) is 43.4 Å². The fourth-order valence-corrected chi connectivity index (χ4v) is 2.09. The maximum absolute atomic E-state index is 11.9. The van der Waals surface area contributed by atoms with E-state index in [1.54, 1.807) is 24.3 Å². The highest BCUT2D eigenvalue weighted by Crippen LogP contribution is 2.19. The van der Waals surface area contributed by atoms with Crippen molar-refractivity contribution in [1.29, 1.82) is 0 Å². The molecule has 0 aliphatic rings. The van der Waals surface area contributed by atoms with E-state index in [0.717, 1.165) is 0 Å². The number of benzene rings is 2. The van der Waals surface area contributed by atoms with Crippen LogP contribution in [0.1, 0.15) is 48.5 Å². The lowest BCUT2D eigenvalue weighted by Gasteiger charge is -2.07. The van der Waals surface area contributed by atoms with Crippen molar-refractivity contribution < 1.29 is 14.3 Å². The molecule has 0 amide bonds. The van der Waals surface area contributed by atoms with Crippen LogP contribution >= 0.6 is 0 Å². The van der Waals surface area contributed by atoms with E-state index >= 15 is 0 Å². The molecule has 2 aromatic rings. The van der Waals surface area contributed by atoms with E-state index in [9.17, 15) is 9.59 Å². The van der Waals surface area contributed by atoms with Crippen LogP contribution in [0, 0.1) is 0 Å². The standard InChI is InChI=1S/C19H20O3/c1-14(2)15-8-10-17(11-9-15)22-19(21)13-12-18(20)16-6-4-3-5-7-16/h3-11,14H,12-13H2,1-2H3. The summed E-state index contributed by atoms with van der Waals surface area (Å²) in [5, 5.41) is 0. The lowest BCUT2D eigenvalue weighted by atomic mass is 10.0. The molecule has 0 saturated carbocycles. The van der Waals surface area contributed by atoms with E-state index < -0.39 is 0 Å². The Labute approximate surface area is 130 Å². The molecule has 0 spiro atoms. The number of Topliss-reactive ketones (excluding diaryl/α,β-unsaturated/α-hetero) is 1.